The van der Waals surface area contributed by atoms with E-state index in [1.54, 1.807) is 0 Å². The number of likely N-dealkylation sites (tertiary alicyclic amines) is 1. The van der Waals surface area contributed by atoms with Crippen LogP contribution in [0.25, 0.3) is 0 Å². The van der Waals surface area contributed by atoms with E-state index in [0.717, 1.165) is 13.1 Å². The fourth-order valence-corrected chi connectivity index (χ4v) is 2.81. The van der Waals surface area contributed by atoms with Gasteiger partial charge in [-0.3, -0.25) is 4.79 Å². The lowest BCUT2D eigenvalue weighted by Gasteiger charge is -2.18. The van der Waals surface area contributed by atoms with Crippen LogP contribution in [-0.4, -0.2) is 36.5 Å². The van der Waals surface area contributed by atoms with E-state index < -0.39 is 0 Å². The zero-order valence-corrected chi connectivity index (χ0v) is 10.5. The van der Waals surface area contributed by atoms with Crippen molar-refractivity contribution in [3.8, 4) is 0 Å². The highest BCUT2D eigenvalue weighted by molar-refractivity contribution is 5.78. The molecule has 0 bridgehead atoms. The molecule has 1 amide bonds. The van der Waals surface area contributed by atoms with Crippen molar-refractivity contribution in [2.75, 3.05) is 19.6 Å². The summed E-state index contributed by atoms with van der Waals surface area (Å²) in [6, 6.07) is 0.599. The Labute approximate surface area is 98.6 Å². The first-order valence-electron chi connectivity index (χ1n) is 6.68. The van der Waals surface area contributed by atoms with Gasteiger partial charge >= 0.3 is 0 Å². The summed E-state index contributed by atoms with van der Waals surface area (Å²) in [6.07, 6.45) is 5.15. The second kappa shape index (κ2) is 5.17. The minimum atomic E-state index is 0.295. The quantitative estimate of drug-likeness (QED) is 0.790. The third-order valence-corrected chi connectivity index (χ3v) is 4.24. The van der Waals surface area contributed by atoms with Crippen molar-refractivity contribution < 1.29 is 4.79 Å². The molecule has 3 nitrogen and oxygen atoms in total. The van der Waals surface area contributed by atoms with Crippen LogP contribution < -0.4 is 5.32 Å². The van der Waals surface area contributed by atoms with E-state index in [9.17, 15) is 4.79 Å². The normalized spacial score (nSPS) is 31.2. The molecule has 1 saturated carbocycles. The van der Waals surface area contributed by atoms with E-state index in [-0.39, 0.29) is 0 Å². The molecule has 2 atom stereocenters. The van der Waals surface area contributed by atoms with Crippen LogP contribution in [0, 0.1) is 11.8 Å². The van der Waals surface area contributed by atoms with E-state index >= 15 is 0 Å². The fraction of sp³-hybridized carbons (Fsp3) is 0.923. The van der Waals surface area contributed by atoms with Crippen LogP contribution in [0.1, 0.15) is 39.5 Å². The molecule has 16 heavy (non-hydrogen) atoms. The number of nitrogens with zero attached hydrogens (tertiary/aromatic N) is 1. The van der Waals surface area contributed by atoms with Crippen molar-refractivity contribution in [1.82, 2.24) is 10.2 Å². The third-order valence-electron chi connectivity index (χ3n) is 4.24. The zero-order chi connectivity index (χ0) is 11.5. The van der Waals surface area contributed by atoms with Gasteiger partial charge in [0.2, 0.25) is 5.91 Å². The van der Waals surface area contributed by atoms with E-state index in [1.807, 2.05) is 4.90 Å². The van der Waals surface area contributed by atoms with Crippen molar-refractivity contribution in [3.05, 3.63) is 0 Å². The molecule has 0 radical (unpaired) electrons. The van der Waals surface area contributed by atoms with Crippen LogP contribution in [0.5, 0.6) is 0 Å². The van der Waals surface area contributed by atoms with Crippen molar-refractivity contribution >= 4 is 5.91 Å². The van der Waals surface area contributed by atoms with E-state index in [1.165, 1.54) is 25.7 Å². The lowest BCUT2D eigenvalue weighted by molar-refractivity contribution is -0.129. The molecule has 0 aromatic carbocycles. The summed E-state index contributed by atoms with van der Waals surface area (Å²) in [5, 5.41) is 3.40. The monoisotopic (exact) mass is 224 g/mol. The molecule has 0 spiro atoms. The van der Waals surface area contributed by atoms with Crippen molar-refractivity contribution in [2.45, 2.75) is 45.6 Å². The first-order valence-corrected chi connectivity index (χ1v) is 6.68. The summed E-state index contributed by atoms with van der Waals surface area (Å²) < 4.78 is 0. The van der Waals surface area contributed by atoms with Gasteiger partial charge in [0.25, 0.3) is 0 Å². The van der Waals surface area contributed by atoms with Crippen LogP contribution in [0.4, 0.5) is 0 Å². The Morgan fingerprint density at radius 2 is 1.75 bits per heavy atom. The van der Waals surface area contributed by atoms with Crippen LogP contribution in [0.2, 0.25) is 0 Å². The van der Waals surface area contributed by atoms with Crippen molar-refractivity contribution in [1.29, 1.82) is 0 Å². The molecule has 92 valence electrons. The van der Waals surface area contributed by atoms with Crippen LogP contribution in [0.3, 0.4) is 0 Å². The number of rotatable bonds is 3. The van der Waals surface area contributed by atoms with Crippen LogP contribution in [0.15, 0.2) is 0 Å². The van der Waals surface area contributed by atoms with E-state index in [4.69, 9.17) is 0 Å². The Hall–Kier alpha value is -0.570. The Balaban J connectivity index is 1.71. The van der Waals surface area contributed by atoms with Gasteiger partial charge in [0, 0.05) is 19.1 Å². The fourth-order valence-electron chi connectivity index (χ4n) is 2.81. The van der Waals surface area contributed by atoms with Crippen LogP contribution >= 0.6 is 0 Å². The lowest BCUT2D eigenvalue weighted by Crippen LogP contribution is -2.40. The molecule has 2 rings (SSSR count). The Morgan fingerprint density at radius 1 is 1.19 bits per heavy atom. The highest BCUT2D eigenvalue weighted by Gasteiger charge is 2.29. The lowest BCUT2D eigenvalue weighted by atomic mass is 10.0. The van der Waals surface area contributed by atoms with E-state index in [2.05, 4.69) is 19.2 Å². The number of nitrogens with one attached hydrogen (secondary N) is 1. The number of hydrogen-bond donors (Lipinski definition) is 1. The molecule has 2 aliphatic rings. The van der Waals surface area contributed by atoms with Gasteiger partial charge in [0.1, 0.15) is 0 Å². The van der Waals surface area contributed by atoms with E-state index in [0.29, 0.717) is 30.3 Å². The first kappa shape index (κ1) is 11.9. The first-order chi connectivity index (χ1) is 7.66. The maximum absolute atomic E-state index is 12.0. The molecule has 0 aromatic heterocycles. The Morgan fingerprint density at radius 3 is 2.31 bits per heavy atom. The molecule has 2 unspecified atom stereocenters. The van der Waals surface area contributed by atoms with Gasteiger partial charge in [0.05, 0.1) is 6.54 Å². The molecule has 0 aromatic rings. The molecule has 3 heteroatoms. The smallest absolute Gasteiger partial charge is 0.236 e. The Kier molecular flexibility index (Phi) is 3.85. The van der Waals surface area contributed by atoms with Gasteiger partial charge in [-0.1, -0.05) is 26.7 Å². The number of hydrogen-bond acceptors (Lipinski definition) is 2. The van der Waals surface area contributed by atoms with Gasteiger partial charge in [-0.2, -0.15) is 0 Å². The minimum Gasteiger partial charge on any atom is -0.341 e. The number of carbonyl (C=O) groups is 1. The van der Waals surface area contributed by atoms with Crippen molar-refractivity contribution in [2.24, 2.45) is 11.8 Å². The summed E-state index contributed by atoms with van der Waals surface area (Å²) in [5.74, 6) is 1.62. The topological polar surface area (TPSA) is 32.3 Å². The summed E-state index contributed by atoms with van der Waals surface area (Å²) in [6.45, 7) is 6.92. The highest BCUT2D eigenvalue weighted by Crippen LogP contribution is 2.22. The number of carbonyl (C=O) groups excluding carboxylic acids is 1. The highest BCUT2D eigenvalue weighted by atomic mass is 16.2. The Bertz CT molecular complexity index is 238. The summed E-state index contributed by atoms with van der Waals surface area (Å²) >= 11 is 0. The number of amides is 1. The molecule has 1 aliphatic heterocycles. The molecule has 1 heterocycles. The van der Waals surface area contributed by atoms with Gasteiger partial charge in [-0.05, 0) is 24.7 Å². The third kappa shape index (κ3) is 2.76. The second-order valence-electron chi connectivity index (χ2n) is 5.62. The molecule has 1 N–H and O–H groups in total. The minimum absolute atomic E-state index is 0.295. The molecular weight excluding hydrogens is 200 g/mol. The van der Waals surface area contributed by atoms with Crippen molar-refractivity contribution in [3.63, 3.8) is 0 Å². The van der Waals surface area contributed by atoms with Gasteiger partial charge < -0.3 is 10.2 Å². The molecule has 2 fully saturated rings. The van der Waals surface area contributed by atoms with Gasteiger partial charge in [0.15, 0.2) is 0 Å². The predicted octanol–water partition coefficient (Wildman–Crippen LogP) is 1.63. The van der Waals surface area contributed by atoms with Gasteiger partial charge in [-0.25, -0.2) is 0 Å². The van der Waals surface area contributed by atoms with Gasteiger partial charge in [-0.15, -0.1) is 0 Å². The zero-order valence-electron chi connectivity index (χ0n) is 10.5. The molecular formula is C13H24N2O. The van der Waals surface area contributed by atoms with Crippen LogP contribution in [-0.2, 0) is 4.79 Å². The SMILES string of the molecule is CC1CN(C(=O)CNC2CCCC2)CC1C. The summed E-state index contributed by atoms with van der Waals surface area (Å²) in [4.78, 5) is 14.0. The summed E-state index contributed by atoms with van der Waals surface area (Å²) in [5.41, 5.74) is 0. The maximum atomic E-state index is 12.0. The second-order valence-corrected chi connectivity index (χ2v) is 5.62. The largest absolute Gasteiger partial charge is 0.341 e. The maximum Gasteiger partial charge on any atom is 0.236 e. The summed E-state index contributed by atoms with van der Waals surface area (Å²) in [7, 11) is 0. The standard InChI is InChI=1S/C13H24N2O/c1-10-8-15(9-11(10)2)13(16)7-14-12-5-3-4-6-12/h10-12,14H,3-9H2,1-2H3. The molecule has 1 saturated heterocycles. The average molecular weight is 224 g/mol. The molecule has 1 aliphatic carbocycles. The average Bonchev–Trinajstić information content (AvgIpc) is 2.86. The predicted molar refractivity (Wildman–Crippen MR) is 65.2 cm³/mol.